The highest BCUT2D eigenvalue weighted by molar-refractivity contribution is 7.89. The Morgan fingerprint density at radius 2 is 2.17 bits per heavy atom. The van der Waals surface area contributed by atoms with Crippen LogP contribution < -0.4 is 9.46 Å². The summed E-state index contributed by atoms with van der Waals surface area (Å²) >= 11 is 5.80. The Kier molecular flexibility index (Phi) is 3.74. The minimum absolute atomic E-state index is 0.192. The molecule has 0 aromatic heterocycles. The van der Waals surface area contributed by atoms with Gasteiger partial charge in [-0.3, -0.25) is 0 Å². The smallest absolute Gasteiger partial charge is 0.251 e. The molecule has 1 aliphatic rings. The predicted molar refractivity (Wildman–Crippen MR) is 61.8 cm³/mol. The van der Waals surface area contributed by atoms with Crippen LogP contribution in [-0.4, -0.2) is 28.0 Å². The summed E-state index contributed by atoms with van der Waals surface area (Å²) in [4.78, 5) is -0.192. The highest BCUT2D eigenvalue weighted by Crippen LogP contribution is 2.35. The SMILES string of the molecule is O=S(=O)(NCC(F)F)c1cc(Cl)cc2c1OCC2. The number of hydrogen-bond donors (Lipinski definition) is 1. The number of alkyl halides is 2. The lowest BCUT2D eigenvalue weighted by atomic mass is 10.2. The molecule has 0 aliphatic carbocycles. The van der Waals surface area contributed by atoms with E-state index in [1.807, 2.05) is 4.72 Å². The van der Waals surface area contributed by atoms with Crippen molar-refractivity contribution >= 4 is 21.6 Å². The summed E-state index contributed by atoms with van der Waals surface area (Å²) in [5, 5.41) is 0.233. The second-order valence-electron chi connectivity index (χ2n) is 3.73. The second kappa shape index (κ2) is 4.99. The third-order valence-corrected chi connectivity index (χ3v) is 4.08. The molecule has 8 heteroatoms. The number of hydrogen-bond acceptors (Lipinski definition) is 3. The van der Waals surface area contributed by atoms with Crippen LogP contribution in [0.25, 0.3) is 0 Å². The van der Waals surface area contributed by atoms with Crippen molar-refractivity contribution in [3.63, 3.8) is 0 Å². The number of sulfonamides is 1. The molecule has 1 aromatic rings. The van der Waals surface area contributed by atoms with Crippen LogP contribution in [0.4, 0.5) is 8.78 Å². The summed E-state index contributed by atoms with van der Waals surface area (Å²) in [5.74, 6) is 0.196. The van der Waals surface area contributed by atoms with Crippen LogP contribution in [0.2, 0.25) is 5.02 Å². The molecule has 0 unspecified atom stereocenters. The van der Waals surface area contributed by atoms with E-state index in [0.29, 0.717) is 18.6 Å². The maximum Gasteiger partial charge on any atom is 0.251 e. The molecule has 1 aliphatic heterocycles. The number of halogens is 3. The van der Waals surface area contributed by atoms with E-state index in [9.17, 15) is 17.2 Å². The number of ether oxygens (including phenoxy) is 1. The first-order chi connectivity index (χ1) is 8.40. The average molecular weight is 298 g/mol. The molecular weight excluding hydrogens is 288 g/mol. The number of nitrogens with one attached hydrogen (secondary N) is 1. The van der Waals surface area contributed by atoms with Gasteiger partial charge in [-0.25, -0.2) is 21.9 Å². The fourth-order valence-corrected chi connectivity index (χ4v) is 3.21. The first-order valence-corrected chi connectivity index (χ1v) is 6.99. The Hall–Kier alpha value is -0.920. The molecule has 1 heterocycles. The summed E-state index contributed by atoms with van der Waals surface area (Å²) < 4.78 is 54.9. The van der Waals surface area contributed by atoms with Gasteiger partial charge in [-0.05, 0) is 12.1 Å². The minimum atomic E-state index is -4.04. The molecular formula is C10H10ClF2NO3S. The first kappa shape index (κ1) is 13.5. The van der Waals surface area contributed by atoms with Gasteiger partial charge in [0.2, 0.25) is 10.0 Å². The summed E-state index contributed by atoms with van der Waals surface area (Å²) in [6.45, 7) is -0.587. The Morgan fingerprint density at radius 3 is 2.83 bits per heavy atom. The Bertz CT molecular complexity index is 562. The summed E-state index contributed by atoms with van der Waals surface area (Å²) in [6, 6.07) is 2.80. The van der Waals surface area contributed by atoms with Crippen molar-refractivity contribution in [1.82, 2.24) is 4.72 Å². The largest absolute Gasteiger partial charge is 0.492 e. The molecule has 0 spiro atoms. The van der Waals surface area contributed by atoms with Gasteiger partial charge in [-0.1, -0.05) is 11.6 Å². The fraction of sp³-hybridized carbons (Fsp3) is 0.400. The van der Waals surface area contributed by atoms with Crippen molar-refractivity contribution < 1.29 is 21.9 Å². The van der Waals surface area contributed by atoms with Crippen LogP contribution in [0.15, 0.2) is 17.0 Å². The lowest BCUT2D eigenvalue weighted by Crippen LogP contribution is -2.29. The van der Waals surface area contributed by atoms with Gasteiger partial charge in [0, 0.05) is 17.0 Å². The molecule has 0 radical (unpaired) electrons. The van der Waals surface area contributed by atoms with Crippen molar-refractivity contribution in [2.24, 2.45) is 0 Å². The second-order valence-corrected chi connectivity index (χ2v) is 5.91. The van der Waals surface area contributed by atoms with Gasteiger partial charge < -0.3 is 4.74 Å². The van der Waals surface area contributed by atoms with E-state index < -0.39 is 23.0 Å². The van der Waals surface area contributed by atoms with Crippen LogP contribution in [-0.2, 0) is 16.4 Å². The van der Waals surface area contributed by atoms with E-state index in [1.165, 1.54) is 6.07 Å². The van der Waals surface area contributed by atoms with Crippen molar-refractivity contribution in [1.29, 1.82) is 0 Å². The van der Waals surface area contributed by atoms with E-state index in [2.05, 4.69) is 0 Å². The number of rotatable bonds is 4. The van der Waals surface area contributed by atoms with Crippen molar-refractivity contribution in [2.45, 2.75) is 17.7 Å². The van der Waals surface area contributed by atoms with Gasteiger partial charge >= 0.3 is 0 Å². The molecule has 2 rings (SSSR count). The third-order valence-electron chi connectivity index (χ3n) is 2.43. The van der Waals surface area contributed by atoms with Gasteiger partial charge in [-0.2, -0.15) is 0 Å². The Balaban J connectivity index is 2.39. The molecule has 4 nitrogen and oxygen atoms in total. The van der Waals surface area contributed by atoms with Crippen LogP contribution in [0, 0.1) is 0 Å². The average Bonchev–Trinajstić information content (AvgIpc) is 2.73. The third kappa shape index (κ3) is 2.73. The van der Waals surface area contributed by atoms with Crippen LogP contribution in [0.1, 0.15) is 5.56 Å². The van der Waals surface area contributed by atoms with E-state index in [1.54, 1.807) is 6.07 Å². The molecule has 0 atom stereocenters. The molecule has 0 saturated carbocycles. The summed E-state index contributed by atoms with van der Waals surface area (Å²) in [6.07, 6.45) is -2.21. The van der Waals surface area contributed by atoms with Crippen molar-refractivity contribution in [3.8, 4) is 5.75 Å². The molecule has 0 saturated heterocycles. The lowest BCUT2D eigenvalue weighted by Gasteiger charge is -2.10. The zero-order valence-electron chi connectivity index (χ0n) is 9.12. The molecule has 0 bridgehead atoms. The standard InChI is InChI=1S/C10H10ClF2NO3S/c11-7-3-6-1-2-17-10(6)8(4-7)18(15,16)14-5-9(12)13/h3-4,9,14H,1-2,5H2. The molecule has 100 valence electrons. The van der Waals surface area contributed by atoms with E-state index >= 15 is 0 Å². The Morgan fingerprint density at radius 1 is 1.44 bits per heavy atom. The van der Waals surface area contributed by atoms with Crippen molar-refractivity contribution in [2.75, 3.05) is 13.2 Å². The molecule has 1 N–H and O–H groups in total. The topological polar surface area (TPSA) is 55.4 Å². The zero-order chi connectivity index (χ0) is 13.3. The van der Waals surface area contributed by atoms with Gasteiger partial charge in [-0.15, -0.1) is 0 Å². The van der Waals surface area contributed by atoms with Gasteiger partial charge in [0.15, 0.2) is 0 Å². The highest BCUT2D eigenvalue weighted by atomic mass is 35.5. The minimum Gasteiger partial charge on any atom is -0.492 e. The fourth-order valence-electron chi connectivity index (χ4n) is 1.69. The maximum absolute atomic E-state index is 12.0. The van der Waals surface area contributed by atoms with Gasteiger partial charge in [0.25, 0.3) is 6.43 Å². The number of fused-ring (bicyclic) bond motifs is 1. The van der Waals surface area contributed by atoms with Crippen molar-refractivity contribution in [3.05, 3.63) is 22.7 Å². The Labute approximate surface area is 108 Å². The molecule has 18 heavy (non-hydrogen) atoms. The first-order valence-electron chi connectivity index (χ1n) is 5.13. The van der Waals surface area contributed by atoms with E-state index in [0.717, 1.165) is 0 Å². The quantitative estimate of drug-likeness (QED) is 0.922. The predicted octanol–water partition coefficient (Wildman–Crippen LogP) is 1.82. The summed E-state index contributed by atoms with van der Waals surface area (Å²) in [5.41, 5.74) is 0.667. The van der Waals surface area contributed by atoms with Crippen LogP contribution in [0.3, 0.4) is 0 Å². The van der Waals surface area contributed by atoms with Gasteiger partial charge in [0.05, 0.1) is 13.2 Å². The highest BCUT2D eigenvalue weighted by Gasteiger charge is 2.26. The van der Waals surface area contributed by atoms with E-state index in [4.69, 9.17) is 16.3 Å². The number of benzene rings is 1. The summed E-state index contributed by atoms with van der Waals surface area (Å²) in [7, 11) is -4.04. The van der Waals surface area contributed by atoms with Crippen LogP contribution >= 0.6 is 11.6 Å². The molecule has 0 fully saturated rings. The van der Waals surface area contributed by atoms with Crippen LogP contribution in [0.5, 0.6) is 5.75 Å². The van der Waals surface area contributed by atoms with E-state index in [-0.39, 0.29) is 15.7 Å². The zero-order valence-corrected chi connectivity index (χ0v) is 10.7. The normalized spacial score (nSPS) is 14.7. The monoisotopic (exact) mass is 297 g/mol. The molecule has 1 aromatic carbocycles. The molecule has 0 amide bonds. The maximum atomic E-state index is 12.0. The lowest BCUT2D eigenvalue weighted by molar-refractivity contribution is 0.153. The van der Waals surface area contributed by atoms with Gasteiger partial charge in [0.1, 0.15) is 10.6 Å².